The Kier molecular flexibility index (Phi) is 61.8. The van der Waals surface area contributed by atoms with Gasteiger partial charge in [0.15, 0.2) is 6.10 Å². The summed E-state index contributed by atoms with van der Waals surface area (Å²) in [4.78, 5) is 38.2. The third-order valence-electron chi connectivity index (χ3n) is 14.1. The van der Waals surface area contributed by atoms with E-state index >= 15 is 0 Å². The van der Waals surface area contributed by atoms with Crippen molar-refractivity contribution in [3.63, 3.8) is 0 Å². The van der Waals surface area contributed by atoms with E-state index in [0.29, 0.717) is 19.3 Å². The van der Waals surface area contributed by atoms with Gasteiger partial charge >= 0.3 is 17.9 Å². The van der Waals surface area contributed by atoms with Gasteiger partial charge in [-0.3, -0.25) is 14.4 Å². The van der Waals surface area contributed by atoms with Gasteiger partial charge in [-0.2, -0.15) is 0 Å². The Balaban J connectivity index is 4.15. The predicted molar refractivity (Wildman–Crippen MR) is 334 cm³/mol. The molecule has 0 aliphatic rings. The molecule has 6 heteroatoms. The van der Waals surface area contributed by atoms with Crippen LogP contribution in [-0.4, -0.2) is 37.2 Å². The van der Waals surface area contributed by atoms with Gasteiger partial charge in [-0.1, -0.05) is 291 Å². The molecule has 6 nitrogen and oxygen atoms in total. The summed E-state index contributed by atoms with van der Waals surface area (Å²) >= 11 is 0. The van der Waals surface area contributed by atoms with Gasteiger partial charge in [-0.15, -0.1) is 0 Å². The molecule has 1 unspecified atom stereocenters. The quantitative estimate of drug-likeness (QED) is 0.0261. The van der Waals surface area contributed by atoms with E-state index in [1.165, 1.54) is 173 Å². The van der Waals surface area contributed by atoms with Gasteiger partial charge < -0.3 is 14.2 Å². The standard InChI is InChI=1S/C71H122O6/c1-4-7-10-13-16-19-21-23-25-27-28-29-30-31-32-33-34-35-36-37-38-39-40-41-42-44-45-47-49-52-55-58-61-64-70(73)76-67-68(66-75-69(72)63-60-57-54-51-18-15-12-9-6-3)77-71(74)65-62-59-56-53-50-48-46-43-26-24-22-20-17-14-11-8-5-2/h7,10,16,19,23-26,28-29,31-32,34-35,37-38,68H,4-6,8-9,11-15,17-18,20-22,27,30,33,36,39-67H2,1-3H3/b10-7-,19-16-,25-23-,26-24-,29-28-,32-31-,35-34-,38-37-. The predicted octanol–water partition coefficient (Wildman–Crippen LogP) is 22.4. The number of rotatable bonds is 59. The van der Waals surface area contributed by atoms with E-state index in [1.54, 1.807) is 0 Å². The van der Waals surface area contributed by atoms with Crippen LogP contribution in [0.2, 0.25) is 0 Å². The first-order valence-corrected chi connectivity index (χ1v) is 32.7. The second kappa shape index (κ2) is 64.9. The van der Waals surface area contributed by atoms with E-state index in [0.717, 1.165) is 103 Å². The van der Waals surface area contributed by atoms with E-state index in [-0.39, 0.29) is 31.1 Å². The van der Waals surface area contributed by atoms with Gasteiger partial charge in [0.1, 0.15) is 13.2 Å². The molecule has 0 aromatic carbocycles. The molecule has 442 valence electrons. The maximum Gasteiger partial charge on any atom is 0.306 e. The van der Waals surface area contributed by atoms with Crippen LogP contribution in [0.25, 0.3) is 0 Å². The first-order valence-electron chi connectivity index (χ1n) is 32.7. The van der Waals surface area contributed by atoms with Crippen molar-refractivity contribution in [1.29, 1.82) is 0 Å². The van der Waals surface area contributed by atoms with Crippen LogP contribution in [0.4, 0.5) is 0 Å². The fraction of sp³-hybridized carbons (Fsp3) is 0.732. The SMILES string of the molecule is CC/C=C\C/C=C\C/C=C\C/C=C\C/C=C\C/C=C\C/C=C\CCCCCCCCCCCCCC(=O)OCC(COC(=O)CCCCCCCCCCC)OC(=O)CCCCCCCCC/C=C\CCCCCCCC. The molecule has 0 fully saturated rings. The normalized spacial score (nSPS) is 12.7. The number of esters is 3. The van der Waals surface area contributed by atoms with Crippen molar-refractivity contribution in [3.05, 3.63) is 97.2 Å². The number of allylic oxidation sites excluding steroid dienone is 16. The second-order valence-corrected chi connectivity index (χ2v) is 21.6. The van der Waals surface area contributed by atoms with Gasteiger partial charge in [-0.05, 0) is 103 Å². The van der Waals surface area contributed by atoms with Crippen molar-refractivity contribution in [3.8, 4) is 0 Å². The number of carbonyl (C=O) groups is 3. The van der Waals surface area contributed by atoms with Crippen molar-refractivity contribution in [1.82, 2.24) is 0 Å². The third-order valence-corrected chi connectivity index (χ3v) is 14.1. The van der Waals surface area contributed by atoms with E-state index < -0.39 is 6.10 Å². The molecule has 0 N–H and O–H groups in total. The highest BCUT2D eigenvalue weighted by Crippen LogP contribution is 2.16. The van der Waals surface area contributed by atoms with Crippen LogP contribution in [0.1, 0.15) is 316 Å². The van der Waals surface area contributed by atoms with Crippen molar-refractivity contribution >= 4 is 17.9 Å². The van der Waals surface area contributed by atoms with Crippen LogP contribution in [0.15, 0.2) is 97.2 Å². The fourth-order valence-electron chi connectivity index (χ4n) is 9.18. The van der Waals surface area contributed by atoms with Crippen LogP contribution in [0.5, 0.6) is 0 Å². The minimum Gasteiger partial charge on any atom is -0.462 e. The highest BCUT2D eigenvalue weighted by Gasteiger charge is 2.19. The molecule has 77 heavy (non-hydrogen) atoms. The molecule has 0 aliphatic carbocycles. The fourth-order valence-corrected chi connectivity index (χ4v) is 9.18. The number of ether oxygens (including phenoxy) is 3. The topological polar surface area (TPSA) is 78.9 Å². The van der Waals surface area contributed by atoms with Gasteiger partial charge in [0, 0.05) is 19.3 Å². The summed E-state index contributed by atoms with van der Waals surface area (Å²) < 4.78 is 16.9. The van der Waals surface area contributed by atoms with Gasteiger partial charge in [0.05, 0.1) is 0 Å². The summed E-state index contributed by atoms with van der Waals surface area (Å²) in [6.07, 6.45) is 87.1. The Hall–Kier alpha value is -3.67. The lowest BCUT2D eigenvalue weighted by molar-refractivity contribution is -0.167. The first-order chi connectivity index (χ1) is 38.0. The molecule has 0 amide bonds. The second-order valence-electron chi connectivity index (χ2n) is 21.6. The Labute approximate surface area is 477 Å². The summed E-state index contributed by atoms with van der Waals surface area (Å²) in [6, 6.07) is 0. The van der Waals surface area contributed by atoms with Gasteiger partial charge in [-0.25, -0.2) is 0 Å². The summed E-state index contributed by atoms with van der Waals surface area (Å²) in [6.45, 7) is 6.52. The van der Waals surface area contributed by atoms with E-state index in [4.69, 9.17) is 14.2 Å². The molecule has 0 saturated carbocycles. The lowest BCUT2D eigenvalue weighted by Crippen LogP contribution is -2.30. The molecule has 0 radical (unpaired) electrons. The molecular formula is C71H122O6. The Morgan fingerprint density at radius 1 is 0.273 bits per heavy atom. The Bertz CT molecular complexity index is 1510. The smallest absolute Gasteiger partial charge is 0.306 e. The van der Waals surface area contributed by atoms with Crippen molar-refractivity contribution in [2.45, 2.75) is 322 Å². The largest absolute Gasteiger partial charge is 0.462 e. The Morgan fingerprint density at radius 2 is 0.506 bits per heavy atom. The Morgan fingerprint density at radius 3 is 0.805 bits per heavy atom. The highest BCUT2D eigenvalue weighted by atomic mass is 16.6. The minimum atomic E-state index is -0.778. The summed E-state index contributed by atoms with van der Waals surface area (Å²) in [5.74, 6) is -0.876. The number of hydrogen-bond acceptors (Lipinski definition) is 6. The van der Waals surface area contributed by atoms with E-state index in [1.807, 2.05) is 0 Å². The number of carbonyl (C=O) groups excluding carboxylic acids is 3. The van der Waals surface area contributed by atoms with Crippen LogP contribution in [0, 0.1) is 0 Å². The molecule has 0 aromatic heterocycles. The minimum absolute atomic E-state index is 0.0762. The maximum absolute atomic E-state index is 12.9. The van der Waals surface area contributed by atoms with Gasteiger partial charge in [0.25, 0.3) is 0 Å². The zero-order valence-electron chi connectivity index (χ0n) is 50.7. The van der Waals surface area contributed by atoms with Crippen LogP contribution >= 0.6 is 0 Å². The van der Waals surface area contributed by atoms with Crippen LogP contribution < -0.4 is 0 Å². The lowest BCUT2D eigenvalue weighted by atomic mass is 10.0. The average Bonchev–Trinajstić information content (AvgIpc) is 3.43. The lowest BCUT2D eigenvalue weighted by Gasteiger charge is -2.18. The maximum atomic E-state index is 12.9. The first kappa shape index (κ1) is 73.3. The summed E-state index contributed by atoms with van der Waals surface area (Å²) in [5, 5.41) is 0. The number of hydrogen-bond donors (Lipinski definition) is 0. The monoisotopic (exact) mass is 1070 g/mol. The molecule has 0 saturated heterocycles. The molecule has 0 bridgehead atoms. The summed E-state index contributed by atoms with van der Waals surface area (Å²) in [5.41, 5.74) is 0. The highest BCUT2D eigenvalue weighted by molar-refractivity contribution is 5.71. The van der Waals surface area contributed by atoms with Crippen LogP contribution in [-0.2, 0) is 28.6 Å². The summed E-state index contributed by atoms with van der Waals surface area (Å²) in [7, 11) is 0. The molecule has 0 rings (SSSR count). The molecule has 0 aliphatic heterocycles. The molecular weight excluding hydrogens is 949 g/mol. The number of unbranched alkanes of at least 4 members (excludes halogenated alkanes) is 32. The third kappa shape index (κ3) is 63.0. The molecule has 0 heterocycles. The molecule has 0 spiro atoms. The molecule has 1 atom stereocenters. The average molecular weight is 1070 g/mol. The zero-order chi connectivity index (χ0) is 55.7. The van der Waals surface area contributed by atoms with Crippen molar-refractivity contribution < 1.29 is 28.6 Å². The zero-order valence-corrected chi connectivity index (χ0v) is 50.7. The van der Waals surface area contributed by atoms with Crippen molar-refractivity contribution in [2.24, 2.45) is 0 Å². The van der Waals surface area contributed by atoms with E-state index in [9.17, 15) is 14.4 Å². The van der Waals surface area contributed by atoms with E-state index in [2.05, 4.69) is 118 Å². The van der Waals surface area contributed by atoms with Crippen molar-refractivity contribution in [2.75, 3.05) is 13.2 Å². The van der Waals surface area contributed by atoms with Crippen LogP contribution in [0.3, 0.4) is 0 Å². The van der Waals surface area contributed by atoms with Gasteiger partial charge in [0.2, 0.25) is 0 Å². The molecule has 0 aromatic rings.